The highest BCUT2D eigenvalue weighted by Crippen LogP contribution is 2.19. The molecule has 23 heavy (non-hydrogen) atoms. The Bertz CT molecular complexity index is 656. The molecule has 3 rings (SSSR count). The van der Waals surface area contributed by atoms with Crippen molar-refractivity contribution in [1.82, 2.24) is 25.5 Å². The second-order valence-electron chi connectivity index (χ2n) is 5.19. The van der Waals surface area contributed by atoms with Crippen LogP contribution in [0.5, 0.6) is 0 Å². The number of carbonyl (C=O) groups excluding carboxylic acids is 1. The number of rotatable bonds is 4. The van der Waals surface area contributed by atoms with Crippen LogP contribution >= 0.6 is 12.4 Å². The zero-order valence-electron chi connectivity index (χ0n) is 12.7. The van der Waals surface area contributed by atoms with Gasteiger partial charge in [0.05, 0.1) is 13.2 Å². The van der Waals surface area contributed by atoms with E-state index < -0.39 is 0 Å². The van der Waals surface area contributed by atoms with E-state index in [2.05, 4.69) is 26.2 Å². The van der Waals surface area contributed by atoms with E-state index in [1.165, 1.54) is 0 Å². The minimum absolute atomic E-state index is 0. The fraction of sp³-hybridized carbons (Fsp3) is 0.429. The van der Waals surface area contributed by atoms with Crippen molar-refractivity contribution in [2.24, 2.45) is 7.05 Å². The van der Waals surface area contributed by atoms with Gasteiger partial charge < -0.3 is 15.4 Å². The molecule has 1 aromatic carbocycles. The number of anilines is 1. The maximum Gasteiger partial charge on any atom is 0.226 e. The predicted molar refractivity (Wildman–Crippen MR) is 87.3 cm³/mol. The maximum absolute atomic E-state index is 12.1. The average molecular weight is 339 g/mol. The highest BCUT2D eigenvalue weighted by Gasteiger charge is 2.17. The molecule has 1 aliphatic rings. The van der Waals surface area contributed by atoms with Crippen LogP contribution in [0.1, 0.15) is 6.42 Å². The molecule has 1 aromatic heterocycles. The van der Waals surface area contributed by atoms with Crippen LogP contribution in [0.3, 0.4) is 0 Å². The second kappa shape index (κ2) is 8.00. The molecular formula is C14H19ClN6O2. The van der Waals surface area contributed by atoms with Gasteiger partial charge in [0.25, 0.3) is 0 Å². The Morgan fingerprint density at radius 2 is 2.39 bits per heavy atom. The van der Waals surface area contributed by atoms with Crippen LogP contribution in [0, 0.1) is 0 Å². The highest BCUT2D eigenvalue weighted by atomic mass is 35.5. The lowest BCUT2D eigenvalue weighted by atomic mass is 10.1. The van der Waals surface area contributed by atoms with Gasteiger partial charge >= 0.3 is 0 Å². The number of hydrogen-bond donors (Lipinski definition) is 2. The standard InChI is InChI=1S/C14H18N6O2.ClH/c1-20-14(17-18-19-20)10-3-2-4-11(7-10)16-13(21)8-12-9-22-6-5-15-12;/h2-4,7,12,15H,5-6,8-9H2,1H3,(H,16,21);1H. The number of benzene rings is 1. The minimum Gasteiger partial charge on any atom is -0.378 e. The summed E-state index contributed by atoms with van der Waals surface area (Å²) in [5, 5.41) is 17.5. The van der Waals surface area contributed by atoms with E-state index in [4.69, 9.17) is 4.74 Å². The zero-order valence-corrected chi connectivity index (χ0v) is 13.5. The molecule has 0 saturated carbocycles. The Morgan fingerprint density at radius 3 is 3.09 bits per heavy atom. The third-order valence-electron chi connectivity index (χ3n) is 3.45. The van der Waals surface area contributed by atoms with E-state index in [1.807, 2.05) is 24.3 Å². The normalized spacial score (nSPS) is 17.3. The summed E-state index contributed by atoms with van der Waals surface area (Å²) in [4.78, 5) is 12.1. The second-order valence-corrected chi connectivity index (χ2v) is 5.19. The number of amides is 1. The van der Waals surface area contributed by atoms with Crippen molar-refractivity contribution in [2.45, 2.75) is 12.5 Å². The van der Waals surface area contributed by atoms with Gasteiger partial charge in [0.15, 0.2) is 5.82 Å². The molecule has 2 aromatic rings. The number of nitrogens with one attached hydrogen (secondary N) is 2. The Kier molecular flexibility index (Phi) is 6.03. The monoisotopic (exact) mass is 338 g/mol. The summed E-state index contributed by atoms with van der Waals surface area (Å²) >= 11 is 0. The van der Waals surface area contributed by atoms with Crippen molar-refractivity contribution in [2.75, 3.05) is 25.1 Å². The largest absolute Gasteiger partial charge is 0.378 e. The SMILES string of the molecule is Cl.Cn1nnnc1-c1cccc(NC(=O)CC2COCCN2)c1. The fourth-order valence-electron chi connectivity index (χ4n) is 2.40. The average Bonchev–Trinajstić information content (AvgIpc) is 2.94. The summed E-state index contributed by atoms with van der Waals surface area (Å²) in [6.07, 6.45) is 0.385. The predicted octanol–water partition coefficient (Wildman–Crippen LogP) is 0.616. The highest BCUT2D eigenvalue weighted by molar-refractivity contribution is 5.91. The van der Waals surface area contributed by atoms with Crippen LogP contribution in [0.4, 0.5) is 5.69 Å². The molecule has 1 saturated heterocycles. The third-order valence-corrected chi connectivity index (χ3v) is 3.45. The molecule has 0 radical (unpaired) electrons. The molecule has 0 spiro atoms. The lowest BCUT2D eigenvalue weighted by molar-refractivity contribution is -0.117. The number of tetrazole rings is 1. The molecule has 9 heteroatoms. The number of carbonyl (C=O) groups is 1. The van der Waals surface area contributed by atoms with Crippen molar-refractivity contribution in [3.8, 4) is 11.4 Å². The lowest BCUT2D eigenvalue weighted by Gasteiger charge is -2.23. The number of aryl methyl sites for hydroxylation is 1. The third kappa shape index (κ3) is 4.47. The van der Waals surface area contributed by atoms with Gasteiger partial charge in [0.2, 0.25) is 5.91 Å². The van der Waals surface area contributed by atoms with Gasteiger partial charge in [-0.2, -0.15) is 0 Å². The van der Waals surface area contributed by atoms with Crippen LogP contribution < -0.4 is 10.6 Å². The summed E-state index contributed by atoms with van der Waals surface area (Å²) in [5.41, 5.74) is 1.58. The smallest absolute Gasteiger partial charge is 0.226 e. The topological polar surface area (TPSA) is 94.0 Å². The molecule has 1 unspecified atom stereocenters. The van der Waals surface area contributed by atoms with Gasteiger partial charge in [-0.25, -0.2) is 4.68 Å². The van der Waals surface area contributed by atoms with Crippen LogP contribution in [0.15, 0.2) is 24.3 Å². The molecule has 1 aliphatic heterocycles. The lowest BCUT2D eigenvalue weighted by Crippen LogP contribution is -2.43. The van der Waals surface area contributed by atoms with Gasteiger partial charge in [-0.3, -0.25) is 4.79 Å². The molecule has 1 amide bonds. The van der Waals surface area contributed by atoms with Crippen molar-refractivity contribution in [3.05, 3.63) is 24.3 Å². The van der Waals surface area contributed by atoms with Crippen molar-refractivity contribution in [1.29, 1.82) is 0 Å². The molecule has 0 aliphatic carbocycles. The van der Waals surface area contributed by atoms with E-state index >= 15 is 0 Å². The first kappa shape index (κ1) is 17.3. The number of hydrogen-bond acceptors (Lipinski definition) is 6. The van der Waals surface area contributed by atoms with Gasteiger partial charge in [-0.05, 0) is 22.6 Å². The Labute approximate surface area is 140 Å². The maximum atomic E-state index is 12.1. The van der Waals surface area contributed by atoms with Crippen LogP contribution in [-0.4, -0.2) is 51.9 Å². The summed E-state index contributed by atoms with van der Waals surface area (Å²) in [7, 11) is 1.77. The molecule has 2 heterocycles. The molecule has 1 atom stereocenters. The Morgan fingerprint density at radius 1 is 1.52 bits per heavy atom. The van der Waals surface area contributed by atoms with Gasteiger partial charge in [-0.15, -0.1) is 17.5 Å². The van der Waals surface area contributed by atoms with Crippen LogP contribution in [-0.2, 0) is 16.6 Å². The number of ether oxygens (including phenoxy) is 1. The molecule has 2 N–H and O–H groups in total. The molecule has 1 fully saturated rings. The summed E-state index contributed by atoms with van der Waals surface area (Å²) in [6.45, 7) is 2.05. The van der Waals surface area contributed by atoms with Crippen molar-refractivity contribution < 1.29 is 9.53 Å². The van der Waals surface area contributed by atoms with Crippen LogP contribution in [0.25, 0.3) is 11.4 Å². The van der Waals surface area contributed by atoms with E-state index in [0.29, 0.717) is 25.5 Å². The quantitative estimate of drug-likeness (QED) is 0.848. The van der Waals surface area contributed by atoms with Gasteiger partial charge in [-0.1, -0.05) is 12.1 Å². The minimum atomic E-state index is -0.0451. The van der Waals surface area contributed by atoms with E-state index in [9.17, 15) is 4.79 Å². The molecule has 8 nitrogen and oxygen atoms in total. The van der Waals surface area contributed by atoms with Crippen molar-refractivity contribution >= 4 is 24.0 Å². The number of nitrogens with zero attached hydrogens (tertiary/aromatic N) is 4. The number of aromatic nitrogens is 4. The fourth-order valence-corrected chi connectivity index (χ4v) is 2.40. The van der Waals surface area contributed by atoms with E-state index in [1.54, 1.807) is 11.7 Å². The first-order valence-corrected chi connectivity index (χ1v) is 7.16. The molecule has 0 bridgehead atoms. The zero-order chi connectivity index (χ0) is 15.4. The summed E-state index contributed by atoms with van der Waals surface area (Å²) < 4.78 is 6.93. The van der Waals surface area contributed by atoms with E-state index in [0.717, 1.165) is 17.8 Å². The van der Waals surface area contributed by atoms with Gasteiger partial charge in [0.1, 0.15) is 0 Å². The first-order chi connectivity index (χ1) is 10.7. The summed E-state index contributed by atoms with van der Waals surface area (Å²) in [6, 6.07) is 7.53. The first-order valence-electron chi connectivity index (χ1n) is 7.16. The Hall–Kier alpha value is -2.03. The van der Waals surface area contributed by atoms with Crippen molar-refractivity contribution in [3.63, 3.8) is 0 Å². The number of morpholine rings is 1. The number of halogens is 1. The molecular weight excluding hydrogens is 320 g/mol. The van der Waals surface area contributed by atoms with E-state index in [-0.39, 0.29) is 24.4 Å². The summed E-state index contributed by atoms with van der Waals surface area (Å²) in [5.74, 6) is 0.606. The van der Waals surface area contributed by atoms with Crippen LogP contribution in [0.2, 0.25) is 0 Å². The Balaban J connectivity index is 0.00000192. The molecule has 124 valence electrons. The van der Waals surface area contributed by atoms with Gasteiger partial charge in [0, 0.05) is 37.3 Å².